The summed E-state index contributed by atoms with van der Waals surface area (Å²) in [6, 6.07) is -2.81. The van der Waals surface area contributed by atoms with Gasteiger partial charge in [0, 0.05) is 25.8 Å². The molecule has 1 fully saturated rings. The van der Waals surface area contributed by atoms with Crippen molar-refractivity contribution in [2.75, 3.05) is 18.2 Å². The number of rotatable bonds is 17. The van der Waals surface area contributed by atoms with Gasteiger partial charge in [0.1, 0.15) is 18.1 Å². The quantitative estimate of drug-likeness (QED) is 0.0569. The van der Waals surface area contributed by atoms with E-state index in [1.54, 1.807) is 0 Å². The van der Waals surface area contributed by atoms with Crippen LogP contribution in [0.4, 0.5) is 0 Å². The van der Waals surface area contributed by atoms with Gasteiger partial charge in [-0.15, -0.1) is 11.8 Å². The molecule has 214 valence electrons. The van der Waals surface area contributed by atoms with Gasteiger partial charge >= 0.3 is 5.97 Å². The predicted octanol–water partition coefficient (Wildman–Crippen LogP) is -0.600. The topological polar surface area (TPSA) is 191 Å². The molecule has 1 aliphatic heterocycles. The third-order valence-electron chi connectivity index (χ3n) is 5.59. The molecule has 0 aliphatic carbocycles. The monoisotopic (exact) mass is 575 g/mol. The van der Waals surface area contributed by atoms with E-state index < -0.39 is 64.8 Å². The van der Waals surface area contributed by atoms with E-state index in [1.807, 2.05) is 0 Å². The highest BCUT2D eigenvalue weighted by Crippen LogP contribution is 2.17. The Kier molecular flexibility index (Phi) is 14.8. The fourth-order valence-corrected chi connectivity index (χ4v) is 4.40. The van der Waals surface area contributed by atoms with Gasteiger partial charge < -0.3 is 26.4 Å². The Labute approximate surface area is 231 Å². The second kappa shape index (κ2) is 16.9. The summed E-state index contributed by atoms with van der Waals surface area (Å²) in [5.41, 5.74) is 0. The molecule has 38 heavy (non-hydrogen) atoms. The van der Waals surface area contributed by atoms with Crippen LogP contribution in [0.2, 0.25) is 0 Å². The number of carboxylic acids is 1. The minimum atomic E-state index is -0.984. The molecule has 0 spiro atoms. The van der Waals surface area contributed by atoms with Gasteiger partial charge in [0.15, 0.2) is 0 Å². The molecule has 15 heteroatoms. The number of carbonyl (C=O) groups is 7. The molecule has 0 aromatic carbocycles. The van der Waals surface area contributed by atoms with E-state index in [-0.39, 0.29) is 25.8 Å². The van der Waals surface area contributed by atoms with Crippen molar-refractivity contribution in [3.05, 3.63) is 0 Å². The Morgan fingerprint density at radius 1 is 0.921 bits per heavy atom. The molecule has 0 aromatic heterocycles. The molecule has 0 bridgehead atoms. The van der Waals surface area contributed by atoms with Gasteiger partial charge in [-0.05, 0) is 39.4 Å². The summed E-state index contributed by atoms with van der Waals surface area (Å²) < 4.78 is 0. The number of thioether (sulfide) groups is 1. The molecule has 1 heterocycles. The van der Waals surface area contributed by atoms with Crippen molar-refractivity contribution in [1.82, 2.24) is 26.2 Å². The molecule has 1 saturated heterocycles. The first-order valence-electron chi connectivity index (χ1n) is 12.3. The third-order valence-corrected chi connectivity index (χ3v) is 6.91. The lowest BCUT2D eigenvalue weighted by molar-refractivity contribution is -0.139. The third kappa shape index (κ3) is 12.2. The number of hydrogen-bond donors (Lipinski definition) is 6. The minimum Gasteiger partial charge on any atom is -0.481 e. The maximum atomic E-state index is 12.4. The van der Waals surface area contributed by atoms with Gasteiger partial charge in [0.2, 0.25) is 35.4 Å². The lowest BCUT2D eigenvalue weighted by Crippen LogP contribution is -2.54. The Morgan fingerprint density at radius 3 is 2.05 bits per heavy atom. The first-order valence-corrected chi connectivity index (χ1v) is 14.0. The van der Waals surface area contributed by atoms with Gasteiger partial charge in [-0.2, -0.15) is 12.6 Å². The van der Waals surface area contributed by atoms with Crippen LogP contribution in [0.1, 0.15) is 59.3 Å². The van der Waals surface area contributed by atoms with Gasteiger partial charge in [-0.3, -0.25) is 38.5 Å². The SMILES string of the molecule is CC(NC(=O)CCN1C(=O)CC(S)C1=O)C(=O)NC(C)C(=O)NC(C)C(=O)NCSCCCCCC(=O)O. The van der Waals surface area contributed by atoms with Crippen LogP contribution < -0.4 is 21.3 Å². The number of hydrogen-bond acceptors (Lipinski definition) is 9. The highest BCUT2D eigenvalue weighted by Gasteiger charge is 2.36. The summed E-state index contributed by atoms with van der Waals surface area (Å²) in [6.45, 7) is 4.25. The lowest BCUT2D eigenvalue weighted by atomic mass is 10.2. The molecule has 6 amide bonds. The standard InChI is InChI=1S/C23H37N5O8S2/c1-13(20(33)24-12-38-10-6-4-5-7-19(31)32)26-22(35)15(3)27-21(34)14(2)25-17(29)8-9-28-18(30)11-16(37)23(28)36/h13-16,37H,4-12H2,1-3H3,(H,24,33)(H,25,29)(H,26,35)(H,27,34)(H,31,32). The van der Waals surface area contributed by atoms with E-state index in [4.69, 9.17) is 5.11 Å². The van der Waals surface area contributed by atoms with Crippen molar-refractivity contribution in [2.24, 2.45) is 0 Å². The number of nitrogens with one attached hydrogen (secondary N) is 4. The number of carboxylic acid groups (broad SMARTS) is 1. The molecular weight excluding hydrogens is 538 g/mol. The summed E-state index contributed by atoms with van der Waals surface area (Å²) in [5, 5.41) is 18.0. The second-order valence-corrected chi connectivity index (χ2v) is 10.6. The van der Waals surface area contributed by atoms with Crippen LogP contribution in [0.25, 0.3) is 0 Å². The Balaban J connectivity index is 2.28. The predicted molar refractivity (Wildman–Crippen MR) is 143 cm³/mol. The number of amides is 6. The zero-order chi connectivity index (χ0) is 28.8. The molecule has 1 rings (SSSR count). The maximum Gasteiger partial charge on any atom is 0.303 e. The molecular formula is C23H37N5O8S2. The summed E-state index contributed by atoms with van der Waals surface area (Å²) in [7, 11) is 0. The van der Waals surface area contributed by atoms with Crippen molar-refractivity contribution in [2.45, 2.75) is 82.7 Å². The number of unbranched alkanes of at least 4 members (excludes halogenated alkanes) is 2. The normalized spacial score (nSPS) is 17.4. The molecule has 0 saturated carbocycles. The van der Waals surface area contributed by atoms with Crippen LogP contribution in [0.15, 0.2) is 0 Å². The van der Waals surface area contributed by atoms with Gasteiger partial charge in [-0.25, -0.2) is 0 Å². The van der Waals surface area contributed by atoms with Crippen LogP contribution in [0.3, 0.4) is 0 Å². The van der Waals surface area contributed by atoms with Crippen LogP contribution in [-0.4, -0.2) is 93.0 Å². The first kappa shape index (κ1) is 33.2. The zero-order valence-electron chi connectivity index (χ0n) is 21.8. The minimum absolute atomic E-state index is 0.0147. The molecule has 0 aromatic rings. The average Bonchev–Trinajstić information content (AvgIpc) is 3.08. The van der Waals surface area contributed by atoms with Crippen LogP contribution in [-0.2, 0) is 33.6 Å². The van der Waals surface area contributed by atoms with E-state index in [0.717, 1.165) is 23.5 Å². The summed E-state index contributed by atoms with van der Waals surface area (Å²) >= 11 is 5.50. The van der Waals surface area contributed by atoms with Crippen LogP contribution in [0.5, 0.6) is 0 Å². The van der Waals surface area contributed by atoms with E-state index in [1.165, 1.54) is 32.5 Å². The van der Waals surface area contributed by atoms with Crippen molar-refractivity contribution < 1.29 is 38.7 Å². The van der Waals surface area contributed by atoms with Gasteiger partial charge in [-0.1, -0.05) is 6.42 Å². The number of carbonyl (C=O) groups excluding carboxylic acids is 6. The van der Waals surface area contributed by atoms with Crippen molar-refractivity contribution in [3.8, 4) is 0 Å². The van der Waals surface area contributed by atoms with Gasteiger partial charge in [0.05, 0.1) is 11.1 Å². The molecule has 5 N–H and O–H groups in total. The van der Waals surface area contributed by atoms with E-state index in [2.05, 4.69) is 33.9 Å². The van der Waals surface area contributed by atoms with Crippen molar-refractivity contribution in [1.29, 1.82) is 0 Å². The van der Waals surface area contributed by atoms with Gasteiger partial charge in [0.25, 0.3) is 0 Å². The zero-order valence-corrected chi connectivity index (χ0v) is 23.5. The van der Waals surface area contributed by atoms with E-state index in [9.17, 15) is 33.6 Å². The number of imide groups is 1. The summed E-state index contributed by atoms with van der Waals surface area (Å²) in [4.78, 5) is 84.1. The Morgan fingerprint density at radius 2 is 1.50 bits per heavy atom. The highest BCUT2D eigenvalue weighted by atomic mass is 32.2. The molecule has 13 nitrogen and oxygen atoms in total. The summed E-state index contributed by atoms with van der Waals surface area (Å²) in [5.74, 6) is -2.71. The lowest BCUT2D eigenvalue weighted by Gasteiger charge is -2.21. The Bertz CT molecular complexity index is 903. The van der Waals surface area contributed by atoms with Crippen LogP contribution in [0, 0.1) is 0 Å². The molecule has 1 aliphatic rings. The van der Waals surface area contributed by atoms with Crippen molar-refractivity contribution in [3.63, 3.8) is 0 Å². The largest absolute Gasteiger partial charge is 0.481 e. The number of nitrogens with zero attached hydrogens (tertiary/aromatic N) is 1. The number of aliphatic carboxylic acids is 1. The average molecular weight is 576 g/mol. The molecule has 4 unspecified atom stereocenters. The van der Waals surface area contributed by atoms with Crippen LogP contribution >= 0.6 is 24.4 Å². The van der Waals surface area contributed by atoms with E-state index in [0.29, 0.717) is 12.3 Å². The maximum absolute atomic E-state index is 12.4. The first-order chi connectivity index (χ1) is 17.8. The second-order valence-electron chi connectivity index (χ2n) is 8.90. The fourth-order valence-electron chi connectivity index (χ4n) is 3.31. The summed E-state index contributed by atoms with van der Waals surface area (Å²) in [6.07, 6.45) is 2.20. The van der Waals surface area contributed by atoms with E-state index >= 15 is 0 Å². The number of likely N-dealkylation sites (tertiary alicyclic amines) is 1. The fraction of sp³-hybridized carbons (Fsp3) is 0.696. The number of thiol groups is 1. The van der Waals surface area contributed by atoms with Crippen molar-refractivity contribution >= 4 is 65.8 Å². The smallest absolute Gasteiger partial charge is 0.303 e. The molecule has 4 atom stereocenters. The highest BCUT2D eigenvalue weighted by molar-refractivity contribution is 7.99. The molecule has 0 radical (unpaired) electrons. The Hall–Kier alpha value is -2.81.